The number of carbonyl (C=O) groups excluding carboxylic acids is 1. The fraction of sp³-hybridized carbons (Fsp3) is 0.333. The minimum absolute atomic E-state index is 0.166. The summed E-state index contributed by atoms with van der Waals surface area (Å²) < 4.78 is -0.905. The number of aromatic nitrogens is 1. The molecule has 1 atom stereocenters. The number of nitrogens with one attached hydrogen (secondary N) is 1. The van der Waals surface area contributed by atoms with E-state index in [9.17, 15) is 4.79 Å². The van der Waals surface area contributed by atoms with Gasteiger partial charge in [-0.25, -0.2) is 4.98 Å². The molecule has 2 aromatic rings. The Morgan fingerprint density at radius 3 is 2.71 bits per heavy atom. The second kappa shape index (κ2) is 5.27. The third-order valence-electron chi connectivity index (χ3n) is 3.68. The van der Waals surface area contributed by atoms with E-state index in [1.54, 1.807) is 0 Å². The van der Waals surface area contributed by atoms with Gasteiger partial charge < -0.3 is 5.32 Å². The van der Waals surface area contributed by atoms with Crippen molar-refractivity contribution in [3.63, 3.8) is 0 Å². The minimum atomic E-state index is -0.905. The maximum Gasteiger partial charge on any atom is 0.232 e. The Morgan fingerprint density at radius 2 is 2.10 bits per heavy atom. The average Bonchev–Trinajstić information content (AvgIpc) is 2.84. The largest absolute Gasteiger partial charge is 0.302 e. The van der Waals surface area contributed by atoms with Crippen LogP contribution in [0.15, 0.2) is 23.6 Å². The quantitative estimate of drug-likeness (QED) is 0.832. The van der Waals surface area contributed by atoms with Crippen molar-refractivity contribution in [2.24, 2.45) is 5.92 Å². The van der Waals surface area contributed by atoms with Gasteiger partial charge in [0.15, 0.2) is 5.13 Å². The number of hydrogen-bond acceptors (Lipinski definition) is 3. The first-order valence-corrected chi connectivity index (χ1v) is 8.22. The maximum atomic E-state index is 11.9. The lowest BCUT2D eigenvalue weighted by Crippen LogP contribution is -2.16. The van der Waals surface area contributed by atoms with Crippen LogP contribution in [0.25, 0.3) is 11.3 Å². The number of amides is 1. The molecule has 0 aliphatic heterocycles. The molecule has 1 unspecified atom stereocenters. The summed E-state index contributed by atoms with van der Waals surface area (Å²) in [5.74, 6) is -0.504. The van der Waals surface area contributed by atoms with Gasteiger partial charge >= 0.3 is 0 Å². The smallest absolute Gasteiger partial charge is 0.232 e. The minimum Gasteiger partial charge on any atom is -0.302 e. The number of anilines is 1. The van der Waals surface area contributed by atoms with Crippen LogP contribution in [-0.4, -0.2) is 15.2 Å². The van der Waals surface area contributed by atoms with Crippen molar-refractivity contribution >= 4 is 45.6 Å². The van der Waals surface area contributed by atoms with Gasteiger partial charge in [-0.3, -0.25) is 4.79 Å². The van der Waals surface area contributed by atoms with Crippen molar-refractivity contribution in [2.45, 2.75) is 24.6 Å². The highest BCUT2D eigenvalue weighted by atomic mass is 35.5. The molecule has 0 saturated heterocycles. The number of hydrogen-bond donors (Lipinski definition) is 1. The molecule has 1 fully saturated rings. The molecule has 1 amide bonds. The van der Waals surface area contributed by atoms with Crippen LogP contribution in [0.2, 0.25) is 0 Å². The summed E-state index contributed by atoms with van der Waals surface area (Å²) in [4.78, 5) is 16.4. The standard InChI is InChI=1S/C15H14Cl2N2OS/c1-8-3-4-10(5-9(8)2)12-7-21-14(18-12)19-13(20)11-6-15(11,16)17/h3-5,7,11H,6H2,1-2H3,(H,18,19,20). The number of benzene rings is 1. The highest BCUT2D eigenvalue weighted by Crippen LogP contribution is 2.53. The molecular weight excluding hydrogens is 327 g/mol. The lowest BCUT2D eigenvalue weighted by atomic mass is 10.1. The number of alkyl halides is 2. The summed E-state index contributed by atoms with van der Waals surface area (Å²) in [6, 6.07) is 6.20. The summed E-state index contributed by atoms with van der Waals surface area (Å²) in [6.45, 7) is 4.15. The van der Waals surface area contributed by atoms with Crippen LogP contribution in [0.4, 0.5) is 5.13 Å². The first-order valence-electron chi connectivity index (χ1n) is 6.58. The summed E-state index contributed by atoms with van der Waals surface area (Å²) in [5, 5.41) is 5.28. The SMILES string of the molecule is Cc1ccc(-c2csc(NC(=O)C3CC3(Cl)Cl)n2)cc1C. The van der Waals surface area contributed by atoms with Crippen molar-refractivity contribution in [1.29, 1.82) is 0 Å². The van der Waals surface area contributed by atoms with Gasteiger partial charge in [-0.2, -0.15) is 0 Å². The topological polar surface area (TPSA) is 42.0 Å². The Hall–Kier alpha value is -1.10. The summed E-state index contributed by atoms with van der Waals surface area (Å²) in [7, 11) is 0. The van der Waals surface area contributed by atoms with Gasteiger partial charge in [-0.05, 0) is 37.5 Å². The van der Waals surface area contributed by atoms with Crippen LogP contribution in [0.3, 0.4) is 0 Å². The Balaban J connectivity index is 1.74. The average molecular weight is 341 g/mol. The lowest BCUT2D eigenvalue weighted by molar-refractivity contribution is -0.117. The monoisotopic (exact) mass is 340 g/mol. The fourth-order valence-electron chi connectivity index (χ4n) is 2.05. The van der Waals surface area contributed by atoms with Gasteiger partial charge in [-0.1, -0.05) is 12.1 Å². The highest BCUT2D eigenvalue weighted by Gasteiger charge is 2.56. The van der Waals surface area contributed by atoms with E-state index < -0.39 is 4.33 Å². The van der Waals surface area contributed by atoms with Crippen LogP contribution in [0, 0.1) is 19.8 Å². The third-order valence-corrected chi connectivity index (χ3v) is 5.27. The van der Waals surface area contributed by atoms with E-state index in [0.29, 0.717) is 11.6 Å². The predicted molar refractivity (Wildman–Crippen MR) is 88.2 cm³/mol. The molecule has 110 valence electrons. The highest BCUT2D eigenvalue weighted by molar-refractivity contribution is 7.14. The fourth-order valence-corrected chi connectivity index (χ4v) is 3.28. The van der Waals surface area contributed by atoms with Crippen molar-refractivity contribution in [2.75, 3.05) is 5.32 Å². The Bertz CT molecular complexity index is 711. The Labute approximate surface area is 137 Å². The van der Waals surface area contributed by atoms with Crippen molar-refractivity contribution in [3.05, 3.63) is 34.7 Å². The number of thiazole rings is 1. The number of nitrogens with zero attached hydrogens (tertiary/aromatic N) is 1. The van der Waals surface area contributed by atoms with Crippen LogP contribution >= 0.6 is 34.5 Å². The van der Waals surface area contributed by atoms with Crippen LogP contribution in [0.1, 0.15) is 17.5 Å². The number of carbonyl (C=O) groups is 1. The van der Waals surface area contributed by atoms with E-state index in [4.69, 9.17) is 23.2 Å². The van der Waals surface area contributed by atoms with E-state index in [2.05, 4.69) is 36.3 Å². The van der Waals surface area contributed by atoms with E-state index in [-0.39, 0.29) is 11.8 Å². The first kappa shape index (κ1) is 14.8. The van der Waals surface area contributed by atoms with Crippen LogP contribution in [-0.2, 0) is 4.79 Å². The van der Waals surface area contributed by atoms with E-state index in [1.165, 1.54) is 22.5 Å². The number of rotatable bonds is 3. The van der Waals surface area contributed by atoms with Gasteiger partial charge in [-0.15, -0.1) is 34.5 Å². The zero-order valence-corrected chi connectivity index (χ0v) is 13.9. The second-order valence-corrected chi connectivity index (χ2v) is 7.74. The molecule has 1 aromatic heterocycles. The Kier molecular flexibility index (Phi) is 3.72. The van der Waals surface area contributed by atoms with Gasteiger partial charge in [0.1, 0.15) is 4.33 Å². The Morgan fingerprint density at radius 1 is 1.38 bits per heavy atom. The van der Waals surface area contributed by atoms with Crippen molar-refractivity contribution in [3.8, 4) is 11.3 Å². The molecule has 1 aliphatic rings. The summed E-state index contributed by atoms with van der Waals surface area (Å²) in [6.07, 6.45) is 0.497. The normalized spacial score (nSPS) is 19.3. The molecule has 21 heavy (non-hydrogen) atoms. The molecule has 1 N–H and O–H groups in total. The molecule has 3 rings (SSSR count). The molecule has 0 bridgehead atoms. The molecule has 0 radical (unpaired) electrons. The molecule has 1 aromatic carbocycles. The second-order valence-electron chi connectivity index (χ2n) is 5.34. The lowest BCUT2D eigenvalue weighted by Gasteiger charge is -2.03. The molecule has 1 saturated carbocycles. The summed E-state index contributed by atoms with van der Waals surface area (Å²) >= 11 is 13.2. The zero-order chi connectivity index (χ0) is 15.2. The molecule has 0 spiro atoms. The van der Waals surface area contributed by atoms with Crippen molar-refractivity contribution < 1.29 is 4.79 Å². The maximum absolute atomic E-state index is 11.9. The van der Waals surface area contributed by atoms with Gasteiger partial charge in [0.2, 0.25) is 5.91 Å². The number of aryl methyl sites for hydroxylation is 2. The molecular formula is C15H14Cl2N2OS. The summed E-state index contributed by atoms with van der Waals surface area (Å²) in [5.41, 5.74) is 4.37. The number of halogens is 2. The third kappa shape index (κ3) is 3.07. The van der Waals surface area contributed by atoms with Gasteiger partial charge in [0.05, 0.1) is 11.6 Å². The first-order chi connectivity index (χ1) is 9.87. The zero-order valence-electron chi connectivity index (χ0n) is 11.6. The molecule has 1 aliphatic carbocycles. The van der Waals surface area contributed by atoms with Gasteiger partial charge in [0, 0.05) is 10.9 Å². The van der Waals surface area contributed by atoms with E-state index in [0.717, 1.165) is 11.3 Å². The van der Waals surface area contributed by atoms with E-state index >= 15 is 0 Å². The van der Waals surface area contributed by atoms with Crippen LogP contribution in [0.5, 0.6) is 0 Å². The van der Waals surface area contributed by atoms with Crippen LogP contribution < -0.4 is 5.32 Å². The molecule has 6 heteroatoms. The van der Waals surface area contributed by atoms with Gasteiger partial charge in [0.25, 0.3) is 0 Å². The molecule has 3 nitrogen and oxygen atoms in total. The predicted octanol–water partition coefficient (Wildman–Crippen LogP) is 4.56. The van der Waals surface area contributed by atoms with E-state index in [1.807, 2.05) is 11.4 Å². The molecule has 1 heterocycles. The van der Waals surface area contributed by atoms with Crippen molar-refractivity contribution in [1.82, 2.24) is 4.98 Å².